The first-order chi connectivity index (χ1) is 13.6. The number of imidazole rings is 1. The molecule has 28 heavy (non-hydrogen) atoms. The Hall–Kier alpha value is -2.27. The Morgan fingerprint density at radius 1 is 1.11 bits per heavy atom. The molecule has 1 N–H and O–H groups in total. The van der Waals surface area contributed by atoms with Gasteiger partial charge in [0.05, 0.1) is 22.3 Å². The third-order valence-electron chi connectivity index (χ3n) is 6.10. The molecule has 2 aromatic heterocycles. The molecule has 1 aromatic carbocycles. The number of hydrogen-bond donors (Lipinski definition) is 1. The van der Waals surface area contributed by atoms with E-state index in [-0.39, 0.29) is 0 Å². The zero-order valence-corrected chi connectivity index (χ0v) is 17.3. The zero-order chi connectivity index (χ0) is 19.5. The first kappa shape index (κ1) is 19.1. The van der Waals surface area contributed by atoms with Crippen molar-refractivity contribution in [2.45, 2.75) is 52.4 Å². The topological polar surface area (TPSA) is 57.7 Å². The first-order valence-corrected chi connectivity index (χ1v) is 10.6. The van der Waals surface area contributed by atoms with E-state index in [4.69, 9.17) is 9.97 Å². The fourth-order valence-electron chi connectivity index (χ4n) is 4.24. The maximum absolute atomic E-state index is 4.77. The average molecular weight is 378 g/mol. The van der Waals surface area contributed by atoms with Crippen LogP contribution >= 0.6 is 0 Å². The molecule has 0 saturated carbocycles. The van der Waals surface area contributed by atoms with Gasteiger partial charge >= 0.3 is 0 Å². The molecule has 1 fully saturated rings. The largest absolute Gasteiger partial charge is 0.338 e. The van der Waals surface area contributed by atoms with Gasteiger partial charge in [0.25, 0.3) is 0 Å². The highest BCUT2D eigenvalue weighted by molar-refractivity contribution is 5.82. The predicted molar refractivity (Wildman–Crippen MR) is 114 cm³/mol. The van der Waals surface area contributed by atoms with Crippen LogP contribution in [0.1, 0.15) is 49.2 Å². The number of fused-ring (bicyclic) bond motifs is 1. The van der Waals surface area contributed by atoms with Crippen LogP contribution in [0, 0.1) is 19.8 Å². The van der Waals surface area contributed by atoms with Crippen molar-refractivity contribution in [3.63, 3.8) is 0 Å². The minimum absolute atomic E-state index is 0.857. The molecular weight excluding hydrogens is 346 g/mol. The lowest BCUT2D eigenvalue weighted by Crippen LogP contribution is -2.30. The second-order valence-corrected chi connectivity index (χ2v) is 8.33. The maximum Gasteiger partial charge on any atom is 0.141 e. The van der Waals surface area contributed by atoms with Crippen molar-refractivity contribution < 1.29 is 0 Å². The highest BCUT2D eigenvalue weighted by atomic mass is 15.1. The summed E-state index contributed by atoms with van der Waals surface area (Å²) in [6.45, 7) is 6.66. The minimum atomic E-state index is 0.857. The van der Waals surface area contributed by atoms with Crippen LogP contribution in [0.2, 0.25) is 0 Å². The second kappa shape index (κ2) is 8.39. The highest BCUT2D eigenvalue weighted by Gasteiger charge is 2.16. The summed E-state index contributed by atoms with van der Waals surface area (Å²) in [4.78, 5) is 20.0. The van der Waals surface area contributed by atoms with Gasteiger partial charge in [-0.3, -0.25) is 0 Å². The number of nitrogens with one attached hydrogen (secondary N) is 1. The molecular formula is C23H31N5. The van der Waals surface area contributed by atoms with Gasteiger partial charge in [0.15, 0.2) is 0 Å². The lowest BCUT2D eigenvalue weighted by atomic mass is 9.91. The molecule has 1 aliphatic rings. The van der Waals surface area contributed by atoms with Crippen LogP contribution < -0.4 is 0 Å². The van der Waals surface area contributed by atoms with E-state index in [9.17, 15) is 0 Å². The number of rotatable bonds is 6. The van der Waals surface area contributed by atoms with Crippen molar-refractivity contribution in [2.75, 3.05) is 20.1 Å². The second-order valence-electron chi connectivity index (χ2n) is 8.33. The first-order valence-electron chi connectivity index (χ1n) is 10.6. The average Bonchev–Trinajstić information content (AvgIpc) is 3.12. The van der Waals surface area contributed by atoms with Crippen LogP contribution in [0.5, 0.6) is 0 Å². The molecule has 1 aliphatic heterocycles. The van der Waals surface area contributed by atoms with Crippen LogP contribution in [0.15, 0.2) is 24.4 Å². The van der Waals surface area contributed by atoms with Crippen LogP contribution in [-0.4, -0.2) is 45.0 Å². The van der Waals surface area contributed by atoms with Gasteiger partial charge in [-0.2, -0.15) is 0 Å². The van der Waals surface area contributed by atoms with E-state index in [1.807, 2.05) is 6.20 Å². The fraction of sp³-hybridized carbons (Fsp3) is 0.522. The number of likely N-dealkylation sites (tertiary alicyclic amines) is 1. The molecule has 3 heterocycles. The minimum Gasteiger partial charge on any atom is -0.338 e. The normalized spacial score (nSPS) is 16.1. The number of hydrogen-bond acceptors (Lipinski definition) is 4. The number of para-hydroxylation sites is 1. The van der Waals surface area contributed by atoms with Crippen molar-refractivity contribution in [1.82, 2.24) is 24.8 Å². The van der Waals surface area contributed by atoms with Gasteiger partial charge in [-0.25, -0.2) is 15.0 Å². The van der Waals surface area contributed by atoms with Crippen LogP contribution in [0.3, 0.4) is 0 Å². The van der Waals surface area contributed by atoms with E-state index in [1.54, 1.807) is 0 Å². The van der Waals surface area contributed by atoms with E-state index in [0.717, 1.165) is 46.3 Å². The lowest BCUT2D eigenvalue weighted by molar-refractivity contribution is 0.209. The van der Waals surface area contributed by atoms with Crippen molar-refractivity contribution in [3.8, 4) is 11.4 Å². The molecule has 0 bridgehead atoms. The summed E-state index contributed by atoms with van der Waals surface area (Å²) in [6, 6.07) is 6.20. The van der Waals surface area contributed by atoms with Gasteiger partial charge < -0.3 is 9.88 Å². The molecule has 0 aliphatic carbocycles. The zero-order valence-electron chi connectivity index (χ0n) is 17.3. The Kier molecular flexibility index (Phi) is 5.72. The molecule has 5 heteroatoms. The number of benzene rings is 1. The summed E-state index contributed by atoms with van der Waals surface area (Å²) in [5.41, 5.74) is 5.25. The van der Waals surface area contributed by atoms with E-state index in [2.05, 4.69) is 54.0 Å². The standard InChI is InChI=1S/C23H31N5/c1-16-7-6-9-20-22(16)27-23(26-20)19-15-24-21(25-17(19)2)10-5-4-8-18-11-13-28(3)14-12-18/h6-7,9,15,18H,4-5,8,10-14H2,1-3H3,(H,26,27). The van der Waals surface area contributed by atoms with Gasteiger partial charge in [-0.15, -0.1) is 0 Å². The number of aromatic nitrogens is 4. The summed E-state index contributed by atoms with van der Waals surface area (Å²) < 4.78 is 0. The summed E-state index contributed by atoms with van der Waals surface area (Å²) in [5, 5.41) is 0. The van der Waals surface area contributed by atoms with E-state index >= 15 is 0 Å². The lowest BCUT2D eigenvalue weighted by Gasteiger charge is -2.28. The molecule has 1 saturated heterocycles. The van der Waals surface area contributed by atoms with Gasteiger partial charge in [0, 0.05) is 12.6 Å². The van der Waals surface area contributed by atoms with Crippen LogP contribution in [0.25, 0.3) is 22.4 Å². The fourth-order valence-corrected chi connectivity index (χ4v) is 4.24. The Morgan fingerprint density at radius 2 is 1.93 bits per heavy atom. The summed E-state index contributed by atoms with van der Waals surface area (Å²) in [7, 11) is 2.23. The van der Waals surface area contributed by atoms with E-state index < -0.39 is 0 Å². The highest BCUT2D eigenvalue weighted by Crippen LogP contribution is 2.25. The van der Waals surface area contributed by atoms with Crippen LogP contribution in [0.4, 0.5) is 0 Å². The SMILES string of the molecule is Cc1nc(CCCCC2CCN(C)CC2)ncc1-c1nc2c(C)cccc2[nH]1. The molecule has 0 spiro atoms. The number of aromatic amines is 1. The molecule has 0 unspecified atom stereocenters. The summed E-state index contributed by atoms with van der Waals surface area (Å²) in [6.07, 6.45) is 9.42. The number of piperidine rings is 1. The van der Waals surface area contributed by atoms with Gasteiger partial charge in [-0.05, 0) is 70.8 Å². The Bertz CT molecular complexity index is 937. The molecule has 0 radical (unpaired) electrons. The Balaban J connectivity index is 1.35. The smallest absolute Gasteiger partial charge is 0.141 e. The van der Waals surface area contributed by atoms with Gasteiger partial charge in [-0.1, -0.05) is 25.0 Å². The molecule has 3 aromatic rings. The van der Waals surface area contributed by atoms with Gasteiger partial charge in [0.2, 0.25) is 0 Å². The predicted octanol–water partition coefficient (Wildman–Crippen LogP) is 4.69. The molecule has 4 rings (SSSR count). The van der Waals surface area contributed by atoms with Gasteiger partial charge in [0.1, 0.15) is 11.6 Å². The maximum atomic E-state index is 4.77. The molecule has 0 amide bonds. The van der Waals surface area contributed by atoms with Crippen molar-refractivity contribution in [3.05, 3.63) is 41.5 Å². The number of H-pyrrole nitrogens is 1. The number of aryl methyl sites for hydroxylation is 3. The molecule has 0 atom stereocenters. The Morgan fingerprint density at radius 3 is 2.68 bits per heavy atom. The summed E-state index contributed by atoms with van der Waals surface area (Å²) in [5.74, 6) is 2.73. The molecule has 148 valence electrons. The van der Waals surface area contributed by atoms with Crippen molar-refractivity contribution in [1.29, 1.82) is 0 Å². The van der Waals surface area contributed by atoms with Crippen molar-refractivity contribution >= 4 is 11.0 Å². The van der Waals surface area contributed by atoms with E-state index in [0.29, 0.717) is 0 Å². The van der Waals surface area contributed by atoms with Crippen molar-refractivity contribution in [2.24, 2.45) is 5.92 Å². The quantitative estimate of drug-likeness (QED) is 0.633. The van der Waals surface area contributed by atoms with Crippen LogP contribution in [-0.2, 0) is 6.42 Å². The number of unbranched alkanes of at least 4 members (excludes halogenated alkanes) is 1. The third-order valence-corrected chi connectivity index (χ3v) is 6.10. The van der Waals surface area contributed by atoms with E-state index in [1.165, 1.54) is 50.8 Å². The third kappa shape index (κ3) is 4.25. The monoisotopic (exact) mass is 377 g/mol. The Labute approximate surface area is 167 Å². The molecule has 5 nitrogen and oxygen atoms in total. The summed E-state index contributed by atoms with van der Waals surface area (Å²) >= 11 is 0. The number of nitrogens with zero attached hydrogens (tertiary/aromatic N) is 4.